The molecule has 0 atom stereocenters. The Morgan fingerprint density at radius 2 is 1.92 bits per heavy atom. The SMILES string of the molecule is Cc1ccc(NCCC(=O)N2CCN(c3ccccn3)CC2)c(C)c1. The second kappa shape index (κ2) is 8.01. The fraction of sp³-hybridized carbons (Fsp3) is 0.400. The third-order valence-corrected chi connectivity index (χ3v) is 4.64. The molecule has 0 radical (unpaired) electrons. The van der Waals surface area contributed by atoms with Crippen molar-refractivity contribution in [3.8, 4) is 0 Å². The third-order valence-electron chi connectivity index (χ3n) is 4.64. The lowest BCUT2D eigenvalue weighted by molar-refractivity contribution is -0.131. The molecular formula is C20H26N4O. The maximum absolute atomic E-state index is 12.4. The van der Waals surface area contributed by atoms with Crippen LogP contribution in [0, 0.1) is 13.8 Å². The molecule has 5 nitrogen and oxygen atoms in total. The monoisotopic (exact) mass is 338 g/mol. The van der Waals surface area contributed by atoms with E-state index in [0.29, 0.717) is 13.0 Å². The average Bonchev–Trinajstić information content (AvgIpc) is 2.64. The summed E-state index contributed by atoms with van der Waals surface area (Å²) in [4.78, 5) is 21.0. The number of amides is 1. The van der Waals surface area contributed by atoms with Crippen LogP contribution < -0.4 is 10.2 Å². The molecule has 0 unspecified atom stereocenters. The molecule has 0 spiro atoms. The number of aromatic nitrogens is 1. The fourth-order valence-electron chi connectivity index (χ4n) is 3.20. The summed E-state index contributed by atoms with van der Waals surface area (Å²) in [5.41, 5.74) is 3.58. The number of pyridine rings is 1. The second-order valence-electron chi connectivity index (χ2n) is 6.55. The van der Waals surface area contributed by atoms with Gasteiger partial charge in [0.15, 0.2) is 0 Å². The standard InChI is InChI=1S/C20H26N4O/c1-16-6-7-18(17(2)15-16)21-10-8-20(25)24-13-11-23(12-14-24)19-5-3-4-9-22-19/h3-7,9,15,21H,8,10-14H2,1-2H3. The van der Waals surface area contributed by atoms with Gasteiger partial charge in [0.1, 0.15) is 5.82 Å². The summed E-state index contributed by atoms with van der Waals surface area (Å²) in [5.74, 6) is 1.21. The minimum Gasteiger partial charge on any atom is -0.384 e. The number of rotatable bonds is 5. The van der Waals surface area contributed by atoms with Crippen molar-refractivity contribution in [3.63, 3.8) is 0 Å². The number of hydrogen-bond acceptors (Lipinski definition) is 4. The van der Waals surface area contributed by atoms with Crippen LogP contribution in [0.3, 0.4) is 0 Å². The van der Waals surface area contributed by atoms with Gasteiger partial charge in [0.2, 0.25) is 5.91 Å². The number of piperazine rings is 1. The Hall–Kier alpha value is -2.56. The molecule has 1 N–H and O–H groups in total. The molecule has 1 amide bonds. The van der Waals surface area contributed by atoms with Crippen LogP contribution in [0.1, 0.15) is 17.5 Å². The van der Waals surface area contributed by atoms with Gasteiger partial charge in [-0.05, 0) is 37.6 Å². The Kier molecular flexibility index (Phi) is 5.53. The number of benzene rings is 1. The molecule has 0 aliphatic carbocycles. The first kappa shape index (κ1) is 17.3. The Labute approximate surface area is 149 Å². The number of carbonyl (C=O) groups excluding carboxylic acids is 1. The number of carbonyl (C=O) groups is 1. The zero-order valence-corrected chi connectivity index (χ0v) is 15.0. The van der Waals surface area contributed by atoms with Crippen LogP contribution in [0.15, 0.2) is 42.6 Å². The van der Waals surface area contributed by atoms with Crippen molar-refractivity contribution in [2.45, 2.75) is 20.3 Å². The summed E-state index contributed by atoms with van der Waals surface area (Å²) in [6, 6.07) is 12.3. The molecule has 25 heavy (non-hydrogen) atoms. The summed E-state index contributed by atoms with van der Waals surface area (Å²) >= 11 is 0. The lowest BCUT2D eigenvalue weighted by atomic mass is 10.1. The zero-order valence-electron chi connectivity index (χ0n) is 15.0. The Balaban J connectivity index is 1.43. The van der Waals surface area contributed by atoms with Crippen LogP contribution in [-0.2, 0) is 4.79 Å². The van der Waals surface area contributed by atoms with E-state index < -0.39 is 0 Å². The van der Waals surface area contributed by atoms with Gasteiger partial charge in [-0.15, -0.1) is 0 Å². The van der Waals surface area contributed by atoms with Gasteiger partial charge in [-0.25, -0.2) is 4.98 Å². The third kappa shape index (κ3) is 4.50. The number of nitrogens with one attached hydrogen (secondary N) is 1. The smallest absolute Gasteiger partial charge is 0.224 e. The second-order valence-corrected chi connectivity index (χ2v) is 6.55. The summed E-state index contributed by atoms with van der Waals surface area (Å²) in [7, 11) is 0. The number of nitrogens with zero attached hydrogens (tertiary/aromatic N) is 3. The summed E-state index contributed by atoms with van der Waals surface area (Å²) in [5, 5.41) is 3.38. The summed E-state index contributed by atoms with van der Waals surface area (Å²) < 4.78 is 0. The van der Waals surface area contributed by atoms with E-state index in [-0.39, 0.29) is 5.91 Å². The Morgan fingerprint density at radius 1 is 1.12 bits per heavy atom. The Morgan fingerprint density at radius 3 is 2.60 bits per heavy atom. The molecule has 2 heterocycles. The van der Waals surface area contributed by atoms with Crippen molar-refractivity contribution in [1.82, 2.24) is 9.88 Å². The molecule has 132 valence electrons. The van der Waals surface area contributed by atoms with Crippen LogP contribution in [0.25, 0.3) is 0 Å². The first-order chi connectivity index (χ1) is 12.1. The van der Waals surface area contributed by atoms with E-state index in [1.807, 2.05) is 29.3 Å². The van der Waals surface area contributed by atoms with Crippen LogP contribution in [0.5, 0.6) is 0 Å². The quantitative estimate of drug-likeness (QED) is 0.911. The molecule has 1 aliphatic heterocycles. The highest BCUT2D eigenvalue weighted by molar-refractivity contribution is 5.77. The van der Waals surface area contributed by atoms with Gasteiger partial charge in [0.25, 0.3) is 0 Å². The van der Waals surface area contributed by atoms with Gasteiger partial charge >= 0.3 is 0 Å². The predicted molar refractivity (Wildman–Crippen MR) is 102 cm³/mol. The lowest BCUT2D eigenvalue weighted by Crippen LogP contribution is -2.49. The molecule has 1 aromatic heterocycles. The van der Waals surface area contributed by atoms with Crippen LogP contribution in [0.4, 0.5) is 11.5 Å². The van der Waals surface area contributed by atoms with Crippen LogP contribution >= 0.6 is 0 Å². The first-order valence-corrected chi connectivity index (χ1v) is 8.88. The summed E-state index contributed by atoms with van der Waals surface area (Å²) in [6.07, 6.45) is 2.34. The number of hydrogen-bond donors (Lipinski definition) is 1. The van der Waals surface area contributed by atoms with Gasteiger partial charge in [0, 0.05) is 51.0 Å². The molecule has 1 fully saturated rings. The van der Waals surface area contributed by atoms with E-state index in [1.54, 1.807) is 0 Å². The van der Waals surface area contributed by atoms with Gasteiger partial charge in [-0.3, -0.25) is 4.79 Å². The van der Waals surface area contributed by atoms with E-state index in [4.69, 9.17) is 0 Å². The van der Waals surface area contributed by atoms with E-state index in [9.17, 15) is 4.79 Å². The minimum atomic E-state index is 0.220. The fourth-order valence-corrected chi connectivity index (χ4v) is 3.20. The maximum atomic E-state index is 12.4. The predicted octanol–water partition coefficient (Wildman–Crippen LogP) is 2.85. The largest absolute Gasteiger partial charge is 0.384 e. The molecule has 5 heteroatoms. The van der Waals surface area contributed by atoms with Crippen LogP contribution in [-0.4, -0.2) is 48.5 Å². The normalized spacial score (nSPS) is 14.5. The van der Waals surface area contributed by atoms with Gasteiger partial charge in [0.05, 0.1) is 0 Å². The Bertz CT molecular complexity index is 709. The van der Waals surface area contributed by atoms with Crippen molar-refractivity contribution >= 4 is 17.4 Å². The molecule has 0 saturated carbocycles. The average molecular weight is 338 g/mol. The van der Waals surface area contributed by atoms with Crippen molar-refractivity contribution in [1.29, 1.82) is 0 Å². The molecule has 2 aromatic rings. The van der Waals surface area contributed by atoms with E-state index in [0.717, 1.165) is 37.7 Å². The van der Waals surface area contributed by atoms with Crippen LogP contribution in [0.2, 0.25) is 0 Å². The van der Waals surface area contributed by atoms with Gasteiger partial charge in [-0.1, -0.05) is 23.8 Å². The van der Waals surface area contributed by atoms with Crippen molar-refractivity contribution < 1.29 is 4.79 Å². The van der Waals surface area contributed by atoms with Gasteiger partial charge in [-0.2, -0.15) is 0 Å². The van der Waals surface area contributed by atoms with Crippen molar-refractivity contribution in [2.24, 2.45) is 0 Å². The molecule has 1 saturated heterocycles. The lowest BCUT2D eigenvalue weighted by Gasteiger charge is -2.35. The number of anilines is 2. The van der Waals surface area contributed by atoms with Crippen molar-refractivity contribution in [2.75, 3.05) is 42.9 Å². The number of aryl methyl sites for hydroxylation is 2. The first-order valence-electron chi connectivity index (χ1n) is 8.88. The molecule has 1 aliphatic rings. The molecule has 1 aromatic carbocycles. The van der Waals surface area contributed by atoms with E-state index in [1.165, 1.54) is 11.1 Å². The van der Waals surface area contributed by atoms with E-state index in [2.05, 4.69) is 47.2 Å². The topological polar surface area (TPSA) is 48.5 Å². The van der Waals surface area contributed by atoms with Gasteiger partial charge < -0.3 is 15.1 Å². The minimum absolute atomic E-state index is 0.220. The molecule has 0 bridgehead atoms. The van der Waals surface area contributed by atoms with Crippen molar-refractivity contribution in [3.05, 3.63) is 53.7 Å². The van der Waals surface area contributed by atoms with E-state index >= 15 is 0 Å². The maximum Gasteiger partial charge on any atom is 0.224 e. The highest BCUT2D eigenvalue weighted by Gasteiger charge is 2.21. The molecule has 3 rings (SSSR count). The highest BCUT2D eigenvalue weighted by atomic mass is 16.2. The summed E-state index contributed by atoms with van der Waals surface area (Å²) in [6.45, 7) is 8.06. The molecular weight excluding hydrogens is 312 g/mol. The zero-order chi connectivity index (χ0) is 17.6. The highest BCUT2D eigenvalue weighted by Crippen LogP contribution is 2.16.